The van der Waals surface area contributed by atoms with Crippen molar-refractivity contribution in [3.05, 3.63) is 68.2 Å². The number of benzene rings is 1. The number of ether oxygens (including phenoxy) is 1. The molecule has 3 aromatic rings. The summed E-state index contributed by atoms with van der Waals surface area (Å²) >= 11 is 3.30. The number of ketones is 1. The molecule has 5 rings (SSSR count). The van der Waals surface area contributed by atoms with Crippen LogP contribution in [0.5, 0.6) is 5.75 Å². The number of aryl methyl sites for hydroxylation is 1. The maximum atomic E-state index is 13.1. The van der Waals surface area contributed by atoms with E-state index in [1.807, 2.05) is 11.4 Å². The summed E-state index contributed by atoms with van der Waals surface area (Å²) in [5.41, 5.74) is 3.81. The number of amides is 1. The molecule has 0 fully saturated rings. The first kappa shape index (κ1) is 20.2. The van der Waals surface area contributed by atoms with Gasteiger partial charge in [0, 0.05) is 16.0 Å². The van der Waals surface area contributed by atoms with Crippen LogP contribution < -0.4 is 9.64 Å². The quantitative estimate of drug-likeness (QED) is 0.527. The fourth-order valence-electron chi connectivity index (χ4n) is 4.22. The third-order valence-corrected chi connectivity index (χ3v) is 7.95. The van der Waals surface area contributed by atoms with E-state index in [1.165, 1.54) is 10.4 Å². The standard InChI is InChI=1S/C24H22N2O3S2/c1-29-16-7-4-6-15(12-16)18(27)14-26-21(28)13-25-23(20-10-5-11-30-20)22-17-8-2-3-9-19(17)31-24(22)26/h4-7,10-12H,2-3,8-9,13-14H2,1H3. The number of hydrogen-bond donors (Lipinski definition) is 0. The van der Waals surface area contributed by atoms with Crippen LogP contribution in [0.4, 0.5) is 5.00 Å². The van der Waals surface area contributed by atoms with Gasteiger partial charge in [-0.15, -0.1) is 22.7 Å². The fourth-order valence-corrected chi connectivity index (χ4v) is 6.36. The summed E-state index contributed by atoms with van der Waals surface area (Å²) in [5, 5.41) is 2.91. The van der Waals surface area contributed by atoms with E-state index in [0.717, 1.165) is 46.8 Å². The van der Waals surface area contributed by atoms with Crippen molar-refractivity contribution in [1.29, 1.82) is 0 Å². The minimum atomic E-state index is -0.136. The van der Waals surface area contributed by atoms with E-state index in [-0.39, 0.29) is 24.8 Å². The van der Waals surface area contributed by atoms with E-state index >= 15 is 0 Å². The van der Waals surface area contributed by atoms with Crippen LogP contribution in [0.15, 0.2) is 46.8 Å². The van der Waals surface area contributed by atoms with Crippen molar-refractivity contribution in [2.45, 2.75) is 25.7 Å². The van der Waals surface area contributed by atoms with Crippen LogP contribution >= 0.6 is 22.7 Å². The maximum absolute atomic E-state index is 13.1. The lowest BCUT2D eigenvalue weighted by Crippen LogP contribution is -2.36. The predicted octanol–water partition coefficient (Wildman–Crippen LogP) is 4.76. The number of rotatable bonds is 5. The minimum Gasteiger partial charge on any atom is -0.497 e. The molecule has 158 valence electrons. The van der Waals surface area contributed by atoms with Crippen LogP contribution in [0.1, 0.15) is 44.1 Å². The first-order valence-corrected chi connectivity index (χ1v) is 12.1. The Bertz CT molecular complexity index is 1180. The molecule has 7 heteroatoms. The van der Waals surface area contributed by atoms with Crippen LogP contribution in [-0.2, 0) is 17.6 Å². The van der Waals surface area contributed by atoms with Gasteiger partial charge in [0.15, 0.2) is 5.78 Å². The predicted molar refractivity (Wildman–Crippen MR) is 125 cm³/mol. The van der Waals surface area contributed by atoms with Gasteiger partial charge in [-0.25, -0.2) is 0 Å². The molecule has 5 nitrogen and oxygen atoms in total. The van der Waals surface area contributed by atoms with Crippen LogP contribution in [0, 0.1) is 0 Å². The molecule has 2 aromatic heterocycles. The monoisotopic (exact) mass is 450 g/mol. The zero-order valence-electron chi connectivity index (χ0n) is 17.2. The van der Waals surface area contributed by atoms with Gasteiger partial charge in [-0.1, -0.05) is 18.2 Å². The highest BCUT2D eigenvalue weighted by Crippen LogP contribution is 2.43. The average Bonchev–Trinajstić information content (AvgIpc) is 3.44. The number of carbonyl (C=O) groups is 2. The molecule has 0 N–H and O–H groups in total. The molecule has 1 aromatic carbocycles. The summed E-state index contributed by atoms with van der Waals surface area (Å²) < 4.78 is 5.25. The van der Waals surface area contributed by atoms with Crippen molar-refractivity contribution < 1.29 is 14.3 Å². The second-order valence-electron chi connectivity index (χ2n) is 7.67. The average molecular weight is 451 g/mol. The van der Waals surface area contributed by atoms with Gasteiger partial charge in [-0.2, -0.15) is 0 Å². The number of hydrogen-bond acceptors (Lipinski definition) is 6. The molecule has 0 saturated heterocycles. The highest BCUT2D eigenvalue weighted by Gasteiger charge is 2.33. The molecule has 0 saturated carbocycles. The summed E-state index contributed by atoms with van der Waals surface area (Å²) in [6, 6.07) is 11.2. The molecular weight excluding hydrogens is 428 g/mol. The molecular formula is C24H22N2O3S2. The third-order valence-electron chi connectivity index (χ3n) is 5.76. The Labute approximate surface area is 189 Å². The number of carbonyl (C=O) groups excluding carboxylic acids is 2. The number of fused-ring (bicyclic) bond motifs is 3. The second kappa shape index (κ2) is 8.40. The summed E-state index contributed by atoms with van der Waals surface area (Å²) in [4.78, 5) is 35.1. The number of methoxy groups -OCH3 is 1. The number of thiophene rings is 2. The minimum absolute atomic E-state index is 0.00559. The number of Topliss-reactive ketones (excluding diaryl/α,β-unsaturated/α-hetero) is 1. The Balaban J connectivity index is 1.57. The Kier molecular flexibility index (Phi) is 5.46. The summed E-state index contributed by atoms with van der Waals surface area (Å²) in [5.74, 6) is 0.385. The largest absolute Gasteiger partial charge is 0.497 e. The normalized spacial score (nSPS) is 15.7. The van der Waals surface area contributed by atoms with Crippen molar-refractivity contribution in [1.82, 2.24) is 0 Å². The maximum Gasteiger partial charge on any atom is 0.249 e. The summed E-state index contributed by atoms with van der Waals surface area (Å²) in [6.45, 7) is 0.0560. The molecule has 2 aliphatic rings. The lowest BCUT2D eigenvalue weighted by molar-refractivity contribution is -0.117. The van der Waals surface area contributed by atoms with Crippen molar-refractivity contribution in [2.75, 3.05) is 25.1 Å². The number of nitrogens with zero attached hydrogens (tertiary/aromatic N) is 2. The van der Waals surface area contributed by atoms with Crippen LogP contribution in [0.2, 0.25) is 0 Å². The smallest absolute Gasteiger partial charge is 0.249 e. The molecule has 0 unspecified atom stereocenters. The van der Waals surface area contributed by atoms with E-state index in [1.54, 1.807) is 58.9 Å². The molecule has 0 radical (unpaired) electrons. The van der Waals surface area contributed by atoms with E-state index in [4.69, 9.17) is 9.73 Å². The summed E-state index contributed by atoms with van der Waals surface area (Å²) in [6.07, 6.45) is 4.33. The highest BCUT2D eigenvalue weighted by molar-refractivity contribution is 7.17. The van der Waals surface area contributed by atoms with Crippen molar-refractivity contribution in [3.63, 3.8) is 0 Å². The first-order chi connectivity index (χ1) is 15.2. The molecule has 3 heterocycles. The van der Waals surface area contributed by atoms with E-state index < -0.39 is 0 Å². The zero-order valence-corrected chi connectivity index (χ0v) is 18.9. The first-order valence-electron chi connectivity index (χ1n) is 10.4. The van der Waals surface area contributed by atoms with E-state index in [0.29, 0.717) is 11.3 Å². The van der Waals surface area contributed by atoms with Gasteiger partial charge in [-0.3, -0.25) is 19.5 Å². The Morgan fingerprint density at radius 3 is 2.87 bits per heavy atom. The van der Waals surface area contributed by atoms with E-state index in [2.05, 4.69) is 6.07 Å². The van der Waals surface area contributed by atoms with Crippen molar-refractivity contribution in [3.8, 4) is 5.75 Å². The molecule has 1 amide bonds. The van der Waals surface area contributed by atoms with Gasteiger partial charge >= 0.3 is 0 Å². The zero-order chi connectivity index (χ0) is 21.4. The molecule has 31 heavy (non-hydrogen) atoms. The summed E-state index contributed by atoms with van der Waals surface area (Å²) in [7, 11) is 1.58. The third kappa shape index (κ3) is 3.72. The highest BCUT2D eigenvalue weighted by atomic mass is 32.1. The van der Waals surface area contributed by atoms with Gasteiger partial charge in [0.25, 0.3) is 0 Å². The number of anilines is 1. The van der Waals surface area contributed by atoms with E-state index in [9.17, 15) is 9.59 Å². The molecule has 1 aliphatic heterocycles. The molecule has 0 atom stereocenters. The van der Waals surface area contributed by atoms with Crippen molar-refractivity contribution in [2.24, 2.45) is 4.99 Å². The van der Waals surface area contributed by atoms with Gasteiger partial charge < -0.3 is 4.74 Å². The Morgan fingerprint density at radius 1 is 1.19 bits per heavy atom. The van der Waals surface area contributed by atoms with Gasteiger partial charge in [0.1, 0.15) is 17.3 Å². The lowest BCUT2D eigenvalue weighted by Gasteiger charge is -2.20. The Morgan fingerprint density at radius 2 is 2.06 bits per heavy atom. The van der Waals surface area contributed by atoms with Crippen LogP contribution in [0.3, 0.4) is 0 Å². The second-order valence-corrected chi connectivity index (χ2v) is 9.70. The van der Waals surface area contributed by atoms with Gasteiger partial charge in [-0.05, 0) is 54.8 Å². The van der Waals surface area contributed by atoms with Gasteiger partial charge in [0.05, 0.1) is 24.2 Å². The Hall–Kier alpha value is -2.77. The van der Waals surface area contributed by atoms with Crippen LogP contribution in [0.25, 0.3) is 0 Å². The SMILES string of the molecule is COc1cccc(C(=O)CN2C(=O)CN=C(c3cccs3)c3c2sc2c3CCCC2)c1. The van der Waals surface area contributed by atoms with Crippen LogP contribution in [-0.4, -0.2) is 37.6 Å². The number of aliphatic imine (C=N–C) groups is 1. The topological polar surface area (TPSA) is 59.0 Å². The molecule has 0 spiro atoms. The molecule has 0 bridgehead atoms. The molecule has 1 aliphatic carbocycles. The van der Waals surface area contributed by atoms with Crippen molar-refractivity contribution >= 4 is 45.1 Å². The van der Waals surface area contributed by atoms with Gasteiger partial charge in [0.2, 0.25) is 5.91 Å². The lowest BCUT2D eigenvalue weighted by atomic mass is 9.93. The fraction of sp³-hybridized carbons (Fsp3) is 0.292.